The minimum absolute atomic E-state index is 0.197. The summed E-state index contributed by atoms with van der Waals surface area (Å²) in [6.07, 6.45) is 0. The van der Waals surface area contributed by atoms with E-state index >= 15 is 0 Å². The molecule has 0 spiro atoms. The molecule has 4 nitrogen and oxygen atoms in total. The van der Waals surface area contributed by atoms with Crippen molar-refractivity contribution in [3.63, 3.8) is 0 Å². The lowest BCUT2D eigenvalue weighted by atomic mass is 10.1. The summed E-state index contributed by atoms with van der Waals surface area (Å²) in [6, 6.07) is 19.4. The molecule has 0 unspecified atom stereocenters. The molecule has 0 saturated carbocycles. The van der Waals surface area contributed by atoms with Crippen molar-refractivity contribution in [2.45, 2.75) is 6.92 Å². The monoisotopic (exact) mass is 348 g/mol. The van der Waals surface area contributed by atoms with Gasteiger partial charge in [-0.3, -0.25) is 9.59 Å². The van der Waals surface area contributed by atoms with Gasteiger partial charge in [-0.2, -0.15) is 0 Å². The molecular weight excluding hydrogens is 331 g/mol. The van der Waals surface area contributed by atoms with E-state index in [0.717, 1.165) is 5.56 Å². The van der Waals surface area contributed by atoms with Gasteiger partial charge in [0, 0.05) is 22.5 Å². The molecule has 0 saturated heterocycles. The van der Waals surface area contributed by atoms with E-state index in [1.54, 1.807) is 30.3 Å². The largest absolute Gasteiger partial charge is 0.322 e. The highest BCUT2D eigenvalue weighted by atomic mass is 19.1. The van der Waals surface area contributed by atoms with E-state index < -0.39 is 5.82 Å². The quantitative estimate of drug-likeness (QED) is 0.722. The fourth-order valence-corrected chi connectivity index (χ4v) is 2.43. The van der Waals surface area contributed by atoms with Crippen LogP contribution in [0.1, 0.15) is 26.3 Å². The molecule has 0 bridgehead atoms. The van der Waals surface area contributed by atoms with Gasteiger partial charge in [-0.25, -0.2) is 4.39 Å². The molecular formula is C21H17FN2O2. The summed E-state index contributed by atoms with van der Waals surface area (Å²) in [7, 11) is 0. The van der Waals surface area contributed by atoms with Gasteiger partial charge in [-0.05, 0) is 67.6 Å². The van der Waals surface area contributed by atoms with Crippen molar-refractivity contribution in [1.82, 2.24) is 0 Å². The Balaban J connectivity index is 1.64. The first kappa shape index (κ1) is 17.4. The van der Waals surface area contributed by atoms with Gasteiger partial charge in [0.15, 0.2) is 0 Å². The number of hydrogen-bond donors (Lipinski definition) is 2. The van der Waals surface area contributed by atoms with Crippen LogP contribution in [-0.4, -0.2) is 11.8 Å². The molecule has 0 aliphatic heterocycles. The van der Waals surface area contributed by atoms with Crippen LogP contribution in [0.5, 0.6) is 0 Å². The molecule has 130 valence electrons. The van der Waals surface area contributed by atoms with E-state index in [0.29, 0.717) is 22.5 Å². The molecule has 0 heterocycles. The Labute approximate surface area is 150 Å². The van der Waals surface area contributed by atoms with Crippen molar-refractivity contribution < 1.29 is 14.0 Å². The Kier molecular flexibility index (Phi) is 5.08. The molecule has 2 N–H and O–H groups in total. The smallest absolute Gasteiger partial charge is 0.255 e. The van der Waals surface area contributed by atoms with Gasteiger partial charge in [-0.15, -0.1) is 0 Å². The summed E-state index contributed by atoms with van der Waals surface area (Å²) < 4.78 is 12.9. The van der Waals surface area contributed by atoms with Crippen molar-refractivity contribution in [3.05, 3.63) is 95.3 Å². The molecule has 0 radical (unpaired) electrons. The van der Waals surface area contributed by atoms with Crippen LogP contribution in [0.15, 0.2) is 72.8 Å². The SMILES string of the molecule is Cc1cccc(C(=O)Nc2ccc(NC(=O)c3ccc(F)cc3)cc2)c1. The van der Waals surface area contributed by atoms with Crippen LogP contribution in [0.2, 0.25) is 0 Å². The van der Waals surface area contributed by atoms with E-state index in [1.165, 1.54) is 24.3 Å². The number of hydrogen-bond acceptors (Lipinski definition) is 2. The molecule has 0 aromatic heterocycles. The first-order valence-corrected chi connectivity index (χ1v) is 8.06. The van der Waals surface area contributed by atoms with Gasteiger partial charge in [0.05, 0.1) is 0 Å². The van der Waals surface area contributed by atoms with Gasteiger partial charge in [0.1, 0.15) is 5.82 Å². The number of aryl methyl sites for hydroxylation is 1. The molecule has 26 heavy (non-hydrogen) atoms. The molecule has 0 atom stereocenters. The van der Waals surface area contributed by atoms with Gasteiger partial charge >= 0.3 is 0 Å². The van der Waals surface area contributed by atoms with Gasteiger partial charge in [0.2, 0.25) is 0 Å². The standard InChI is InChI=1S/C21H17FN2O2/c1-14-3-2-4-16(13-14)21(26)24-19-11-9-18(10-12-19)23-20(25)15-5-7-17(22)8-6-15/h2-13H,1H3,(H,23,25)(H,24,26). The molecule has 0 aliphatic rings. The van der Waals surface area contributed by atoms with Gasteiger partial charge in [-0.1, -0.05) is 17.7 Å². The lowest BCUT2D eigenvalue weighted by Gasteiger charge is -2.08. The Morgan fingerprint density at radius 1 is 0.731 bits per heavy atom. The molecule has 0 fully saturated rings. The van der Waals surface area contributed by atoms with Crippen LogP contribution >= 0.6 is 0 Å². The zero-order chi connectivity index (χ0) is 18.5. The summed E-state index contributed by atoms with van der Waals surface area (Å²) in [5.41, 5.74) is 3.16. The number of anilines is 2. The molecule has 3 aromatic carbocycles. The van der Waals surface area contributed by atoms with E-state index in [2.05, 4.69) is 10.6 Å². The number of rotatable bonds is 4. The second kappa shape index (κ2) is 7.61. The van der Waals surface area contributed by atoms with E-state index in [1.807, 2.05) is 25.1 Å². The average molecular weight is 348 g/mol. The first-order valence-electron chi connectivity index (χ1n) is 8.06. The number of halogens is 1. The van der Waals surface area contributed by atoms with E-state index in [-0.39, 0.29) is 11.8 Å². The molecule has 5 heteroatoms. The van der Waals surface area contributed by atoms with E-state index in [4.69, 9.17) is 0 Å². The zero-order valence-electron chi connectivity index (χ0n) is 14.1. The average Bonchev–Trinajstić information content (AvgIpc) is 2.64. The summed E-state index contributed by atoms with van der Waals surface area (Å²) in [4.78, 5) is 24.3. The van der Waals surface area contributed by atoms with Crippen LogP contribution in [0, 0.1) is 12.7 Å². The minimum atomic E-state index is -0.393. The maximum absolute atomic E-state index is 12.9. The summed E-state index contributed by atoms with van der Waals surface area (Å²) in [5.74, 6) is -0.923. The van der Waals surface area contributed by atoms with Crippen molar-refractivity contribution in [1.29, 1.82) is 0 Å². The Morgan fingerprint density at radius 3 is 1.81 bits per heavy atom. The maximum Gasteiger partial charge on any atom is 0.255 e. The predicted molar refractivity (Wildman–Crippen MR) is 99.9 cm³/mol. The third kappa shape index (κ3) is 4.33. The summed E-state index contributed by atoms with van der Waals surface area (Å²) in [6.45, 7) is 1.93. The van der Waals surface area contributed by atoms with Crippen LogP contribution in [0.4, 0.5) is 15.8 Å². The summed E-state index contributed by atoms with van der Waals surface area (Å²) in [5, 5.41) is 5.53. The second-order valence-electron chi connectivity index (χ2n) is 5.86. The number of carbonyl (C=O) groups excluding carboxylic acids is 2. The summed E-state index contributed by atoms with van der Waals surface area (Å²) >= 11 is 0. The van der Waals surface area contributed by atoms with Gasteiger partial charge < -0.3 is 10.6 Å². The fraction of sp³-hybridized carbons (Fsp3) is 0.0476. The van der Waals surface area contributed by atoms with Crippen LogP contribution in [-0.2, 0) is 0 Å². The van der Waals surface area contributed by atoms with Crippen LogP contribution in [0.25, 0.3) is 0 Å². The van der Waals surface area contributed by atoms with Crippen LogP contribution < -0.4 is 10.6 Å². The highest BCUT2D eigenvalue weighted by Gasteiger charge is 2.08. The van der Waals surface area contributed by atoms with Crippen molar-refractivity contribution in [3.8, 4) is 0 Å². The van der Waals surface area contributed by atoms with Crippen molar-refractivity contribution in [2.75, 3.05) is 10.6 Å². The number of nitrogens with one attached hydrogen (secondary N) is 2. The molecule has 2 amide bonds. The molecule has 3 rings (SSSR count). The van der Waals surface area contributed by atoms with E-state index in [9.17, 15) is 14.0 Å². The lowest BCUT2D eigenvalue weighted by molar-refractivity contribution is 0.101. The third-order valence-electron chi connectivity index (χ3n) is 3.79. The van der Waals surface area contributed by atoms with Crippen LogP contribution in [0.3, 0.4) is 0 Å². The normalized spacial score (nSPS) is 10.2. The number of benzene rings is 3. The minimum Gasteiger partial charge on any atom is -0.322 e. The Morgan fingerprint density at radius 2 is 1.27 bits per heavy atom. The Bertz CT molecular complexity index is 935. The maximum atomic E-state index is 12.9. The second-order valence-corrected chi connectivity index (χ2v) is 5.86. The predicted octanol–water partition coefficient (Wildman–Crippen LogP) is 4.64. The highest BCUT2D eigenvalue weighted by Crippen LogP contribution is 2.16. The zero-order valence-corrected chi connectivity index (χ0v) is 14.1. The lowest BCUT2D eigenvalue weighted by Crippen LogP contribution is -2.13. The topological polar surface area (TPSA) is 58.2 Å². The highest BCUT2D eigenvalue weighted by molar-refractivity contribution is 6.05. The number of carbonyl (C=O) groups is 2. The molecule has 0 aliphatic carbocycles. The van der Waals surface area contributed by atoms with Crippen molar-refractivity contribution in [2.24, 2.45) is 0 Å². The fourth-order valence-electron chi connectivity index (χ4n) is 2.43. The van der Waals surface area contributed by atoms with Gasteiger partial charge in [0.25, 0.3) is 11.8 Å². The molecule has 3 aromatic rings. The number of amides is 2. The van der Waals surface area contributed by atoms with Crippen molar-refractivity contribution >= 4 is 23.2 Å². The third-order valence-corrected chi connectivity index (χ3v) is 3.79. The first-order chi connectivity index (χ1) is 12.5. The Hall–Kier alpha value is -3.47.